The minimum absolute atomic E-state index is 0.0884. The van der Waals surface area contributed by atoms with Crippen LogP contribution < -0.4 is 0 Å². The third kappa shape index (κ3) is 3.19. The molecule has 1 radical (unpaired) electrons. The van der Waals surface area contributed by atoms with E-state index in [1.165, 1.54) is 0 Å². The Morgan fingerprint density at radius 1 is 1.14 bits per heavy atom. The van der Waals surface area contributed by atoms with Crippen LogP contribution in [0.2, 0.25) is 0 Å². The fourth-order valence-corrected chi connectivity index (χ4v) is 1.99. The molecule has 0 aliphatic carbocycles. The number of aliphatic carboxylic acids is 1. The fraction of sp³-hybridized carbons (Fsp3) is 0.375. The van der Waals surface area contributed by atoms with Crippen molar-refractivity contribution in [3.63, 3.8) is 0 Å². The molecule has 0 atom stereocenters. The Morgan fingerprint density at radius 2 is 1.62 bits per heavy atom. The average molecular weight is 287 g/mol. The smallest absolute Gasteiger partial charge is 0.478 e. The van der Waals surface area contributed by atoms with Gasteiger partial charge >= 0.3 is 13.1 Å². The lowest BCUT2D eigenvalue weighted by molar-refractivity contribution is -0.132. The summed E-state index contributed by atoms with van der Waals surface area (Å²) in [7, 11) is -0.882. The van der Waals surface area contributed by atoms with Gasteiger partial charge in [0.15, 0.2) is 0 Å². The van der Waals surface area contributed by atoms with Crippen LogP contribution in [0.25, 0.3) is 6.08 Å². The minimum Gasteiger partial charge on any atom is -0.478 e. The zero-order valence-corrected chi connectivity index (χ0v) is 12.8. The van der Waals surface area contributed by atoms with Gasteiger partial charge in [-0.2, -0.15) is 0 Å². The van der Waals surface area contributed by atoms with Crippen LogP contribution in [-0.4, -0.2) is 29.4 Å². The van der Waals surface area contributed by atoms with E-state index in [2.05, 4.69) is 6.92 Å². The summed E-state index contributed by atoms with van der Waals surface area (Å²) in [5.41, 5.74) is 0.604. The van der Waals surface area contributed by atoms with E-state index in [-0.39, 0.29) is 5.47 Å². The molecule has 0 aromatic heterocycles. The van der Waals surface area contributed by atoms with Crippen molar-refractivity contribution in [3.8, 4) is 0 Å². The topological polar surface area (TPSA) is 55.8 Å². The second kappa shape index (κ2) is 5.32. The maximum absolute atomic E-state index is 11.5. The van der Waals surface area contributed by atoms with Crippen LogP contribution in [-0.2, 0) is 14.1 Å². The number of rotatable bonds is 3. The summed E-state index contributed by atoms with van der Waals surface area (Å²) in [6.07, 6.45) is 1.57. The molecule has 1 N–H and O–H groups in total. The number of hydrogen-bond donors (Lipinski definition) is 1. The first-order valence-corrected chi connectivity index (χ1v) is 6.85. The Bertz CT molecular complexity index is 556. The average Bonchev–Trinajstić information content (AvgIpc) is 2.57. The standard InChI is InChI=1S/C16H20BO4/c1-11-6-8-12(9-7-11)10-13(14(18)19)17-20-15(2,3)16(4,5)21-17/h6-10H,1H2,2-5H3,(H,18,19). The number of carboxylic acid groups (broad SMARTS) is 1. The summed E-state index contributed by atoms with van der Waals surface area (Å²) in [4.78, 5) is 11.5. The lowest BCUT2D eigenvalue weighted by Gasteiger charge is -2.32. The zero-order valence-electron chi connectivity index (χ0n) is 12.8. The highest BCUT2D eigenvalue weighted by molar-refractivity contribution is 6.62. The second-order valence-electron chi connectivity index (χ2n) is 6.23. The quantitative estimate of drug-likeness (QED) is 0.686. The molecule has 5 heteroatoms. The highest BCUT2D eigenvalue weighted by atomic mass is 16.7. The first-order valence-electron chi connectivity index (χ1n) is 6.85. The molecule has 1 heterocycles. The van der Waals surface area contributed by atoms with Gasteiger partial charge in [0.25, 0.3) is 0 Å². The second-order valence-corrected chi connectivity index (χ2v) is 6.23. The zero-order chi connectivity index (χ0) is 15.8. The monoisotopic (exact) mass is 287 g/mol. The van der Waals surface area contributed by atoms with Crippen LogP contribution in [0.3, 0.4) is 0 Å². The van der Waals surface area contributed by atoms with Crippen LogP contribution in [0.4, 0.5) is 0 Å². The number of benzene rings is 1. The molecule has 0 unspecified atom stereocenters. The van der Waals surface area contributed by atoms with Gasteiger partial charge < -0.3 is 14.4 Å². The first kappa shape index (κ1) is 15.8. The van der Waals surface area contributed by atoms with Gasteiger partial charge in [-0.15, -0.1) is 0 Å². The lowest BCUT2D eigenvalue weighted by Crippen LogP contribution is -2.41. The molecular weight excluding hydrogens is 267 g/mol. The lowest BCUT2D eigenvalue weighted by atomic mass is 9.77. The van der Waals surface area contributed by atoms with Crippen LogP contribution in [0, 0.1) is 6.92 Å². The maximum atomic E-state index is 11.5. The Labute approximate surface area is 125 Å². The van der Waals surface area contributed by atoms with Crippen LogP contribution >= 0.6 is 0 Å². The van der Waals surface area contributed by atoms with E-state index in [0.29, 0.717) is 0 Å². The molecule has 2 rings (SSSR count). The summed E-state index contributed by atoms with van der Waals surface area (Å²) in [5, 5.41) is 9.45. The van der Waals surface area contributed by atoms with Crippen LogP contribution in [0.5, 0.6) is 0 Å². The summed E-state index contributed by atoms with van der Waals surface area (Å²) in [6, 6.07) is 7.29. The maximum Gasteiger partial charge on any atom is 0.502 e. The first-order chi connectivity index (χ1) is 9.62. The number of carboxylic acids is 1. The van der Waals surface area contributed by atoms with Gasteiger partial charge in [0.2, 0.25) is 0 Å². The Balaban J connectivity index is 2.33. The molecule has 1 aromatic carbocycles. The molecule has 1 aliphatic heterocycles. The molecule has 1 saturated heterocycles. The number of carbonyl (C=O) groups is 1. The molecule has 0 amide bonds. The van der Waals surface area contributed by atoms with Crippen molar-refractivity contribution in [2.75, 3.05) is 0 Å². The van der Waals surface area contributed by atoms with Crippen molar-refractivity contribution in [1.82, 2.24) is 0 Å². The van der Waals surface area contributed by atoms with Crippen LogP contribution in [0.1, 0.15) is 38.8 Å². The summed E-state index contributed by atoms with van der Waals surface area (Å²) < 4.78 is 11.6. The Kier molecular flexibility index (Phi) is 4.00. The van der Waals surface area contributed by atoms with Gasteiger partial charge in [-0.05, 0) is 51.8 Å². The van der Waals surface area contributed by atoms with E-state index >= 15 is 0 Å². The van der Waals surface area contributed by atoms with Crippen LogP contribution in [0.15, 0.2) is 29.7 Å². The van der Waals surface area contributed by atoms with E-state index < -0.39 is 24.3 Å². The van der Waals surface area contributed by atoms with E-state index in [9.17, 15) is 9.90 Å². The largest absolute Gasteiger partial charge is 0.502 e. The van der Waals surface area contributed by atoms with Gasteiger partial charge in [-0.3, -0.25) is 0 Å². The minimum atomic E-state index is -1.05. The van der Waals surface area contributed by atoms with E-state index in [1.807, 2.05) is 52.0 Å². The van der Waals surface area contributed by atoms with Gasteiger partial charge in [0.1, 0.15) is 0 Å². The van der Waals surface area contributed by atoms with Gasteiger partial charge in [-0.25, -0.2) is 4.79 Å². The Hall–Kier alpha value is -1.59. The molecule has 1 fully saturated rings. The van der Waals surface area contributed by atoms with Crippen molar-refractivity contribution >= 4 is 19.2 Å². The predicted molar refractivity (Wildman–Crippen MR) is 82.6 cm³/mol. The van der Waals surface area contributed by atoms with Crippen molar-refractivity contribution in [3.05, 3.63) is 47.8 Å². The van der Waals surface area contributed by atoms with Crippen molar-refractivity contribution in [2.24, 2.45) is 0 Å². The van der Waals surface area contributed by atoms with Crippen molar-refractivity contribution in [1.29, 1.82) is 0 Å². The van der Waals surface area contributed by atoms with Gasteiger partial charge in [0.05, 0.1) is 16.7 Å². The molecule has 1 aliphatic rings. The predicted octanol–water partition coefficient (Wildman–Crippen LogP) is 2.97. The third-order valence-electron chi connectivity index (χ3n) is 4.06. The summed E-state index contributed by atoms with van der Waals surface area (Å²) >= 11 is 0. The molecule has 4 nitrogen and oxygen atoms in total. The van der Waals surface area contributed by atoms with E-state index in [1.54, 1.807) is 6.08 Å². The molecule has 111 valence electrons. The molecular formula is C16H20BO4. The Morgan fingerprint density at radius 3 is 2.05 bits per heavy atom. The highest BCUT2D eigenvalue weighted by Crippen LogP contribution is 2.38. The molecule has 0 bridgehead atoms. The third-order valence-corrected chi connectivity index (χ3v) is 4.06. The fourth-order valence-electron chi connectivity index (χ4n) is 1.99. The highest BCUT2D eigenvalue weighted by Gasteiger charge is 2.53. The normalized spacial score (nSPS) is 20.6. The molecule has 1 aromatic rings. The SMILES string of the molecule is [CH2]c1ccc(C=C(B2OC(C)(C)C(C)(C)O2)C(=O)O)cc1. The van der Waals surface area contributed by atoms with E-state index in [0.717, 1.165) is 11.1 Å². The van der Waals surface area contributed by atoms with E-state index in [4.69, 9.17) is 9.31 Å². The van der Waals surface area contributed by atoms with Crippen molar-refractivity contribution < 1.29 is 19.2 Å². The van der Waals surface area contributed by atoms with Gasteiger partial charge in [0, 0.05) is 0 Å². The number of hydrogen-bond acceptors (Lipinski definition) is 3. The summed E-state index contributed by atoms with van der Waals surface area (Å²) in [5.74, 6) is -1.05. The van der Waals surface area contributed by atoms with Crippen molar-refractivity contribution in [2.45, 2.75) is 38.9 Å². The molecule has 0 spiro atoms. The molecule has 21 heavy (non-hydrogen) atoms. The summed E-state index contributed by atoms with van der Waals surface area (Å²) in [6.45, 7) is 11.4. The van der Waals surface area contributed by atoms with Gasteiger partial charge in [-0.1, -0.05) is 24.3 Å². The molecule has 0 saturated carbocycles.